The number of benzene rings is 1. The first-order valence-corrected chi connectivity index (χ1v) is 7.04. The summed E-state index contributed by atoms with van der Waals surface area (Å²) in [5, 5.41) is 8.79. The van der Waals surface area contributed by atoms with E-state index in [-0.39, 0.29) is 25.1 Å². The van der Waals surface area contributed by atoms with Gasteiger partial charge in [0.2, 0.25) is 0 Å². The van der Waals surface area contributed by atoms with Crippen molar-refractivity contribution in [1.82, 2.24) is 4.90 Å². The molecule has 1 fully saturated rings. The van der Waals surface area contributed by atoms with E-state index in [1.165, 1.54) is 4.90 Å². The summed E-state index contributed by atoms with van der Waals surface area (Å²) in [4.78, 5) is 24.0. The first-order valence-electron chi connectivity index (χ1n) is 5.96. The second-order valence-electron chi connectivity index (χ2n) is 4.39. The van der Waals surface area contributed by atoms with Gasteiger partial charge in [-0.15, -0.1) is 0 Å². The van der Waals surface area contributed by atoms with Crippen molar-refractivity contribution >= 4 is 34.5 Å². The highest BCUT2D eigenvalue weighted by atomic mass is 127. The molecule has 1 N–H and O–H groups in total. The minimum atomic E-state index is -0.991. The van der Waals surface area contributed by atoms with Crippen molar-refractivity contribution in [2.24, 2.45) is 0 Å². The zero-order valence-corrected chi connectivity index (χ0v) is 12.4. The molecule has 1 aliphatic carbocycles. The summed E-state index contributed by atoms with van der Waals surface area (Å²) in [6.45, 7) is -0.371. The molecule has 0 saturated heterocycles. The van der Waals surface area contributed by atoms with Crippen LogP contribution in [-0.2, 0) is 9.59 Å². The van der Waals surface area contributed by atoms with Gasteiger partial charge in [0.1, 0.15) is 12.3 Å². The van der Waals surface area contributed by atoms with Crippen LogP contribution in [-0.4, -0.2) is 41.1 Å². The topological polar surface area (TPSA) is 66.8 Å². The van der Waals surface area contributed by atoms with Crippen LogP contribution in [0.3, 0.4) is 0 Å². The van der Waals surface area contributed by atoms with Gasteiger partial charge in [-0.05, 0) is 59.7 Å². The van der Waals surface area contributed by atoms with Crippen LogP contribution in [0.2, 0.25) is 0 Å². The predicted molar refractivity (Wildman–Crippen MR) is 77.0 cm³/mol. The van der Waals surface area contributed by atoms with E-state index in [4.69, 9.17) is 9.84 Å². The van der Waals surface area contributed by atoms with Gasteiger partial charge in [0.15, 0.2) is 6.61 Å². The van der Waals surface area contributed by atoms with E-state index in [0.717, 1.165) is 16.4 Å². The van der Waals surface area contributed by atoms with Crippen LogP contribution in [0.1, 0.15) is 12.8 Å². The van der Waals surface area contributed by atoms with Crippen molar-refractivity contribution in [2.75, 3.05) is 13.2 Å². The standard InChI is InChI=1S/C13H14INO4/c14-9-1-5-11(6-2-9)19-8-12(16)15(7-13(17)18)10-3-4-10/h1-2,5-6,10H,3-4,7-8H2,(H,17,18). The number of halogens is 1. The summed E-state index contributed by atoms with van der Waals surface area (Å²) < 4.78 is 6.46. The van der Waals surface area contributed by atoms with Crippen LogP contribution in [0.15, 0.2) is 24.3 Å². The van der Waals surface area contributed by atoms with Crippen molar-refractivity contribution in [3.63, 3.8) is 0 Å². The minimum absolute atomic E-state index is 0.0731. The number of aliphatic carboxylic acids is 1. The molecule has 1 aromatic rings. The zero-order valence-electron chi connectivity index (χ0n) is 10.2. The highest BCUT2D eigenvalue weighted by Gasteiger charge is 2.33. The van der Waals surface area contributed by atoms with Gasteiger partial charge in [0.25, 0.3) is 5.91 Å². The van der Waals surface area contributed by atoms with Crippen LogP contribution in [0.5, 0.6) is 5.75 Å². The Hall–Kier alpha value is -1.31. The second kappa shape index (κ2) is 6.23. The average molecular weight is 375 g/mol. The third kappa shape index (κ3) is 4.38. The lowest BCUT2D eigenvalue weighted by atomic mass is 10.3. The molecule has 102 valence electrons. The Labute approximate surface area is 124 Å². The fourth-order valence-electron chi connectivity index (χ4n) is 1.71. The number of carboxylic acid groups (broad SMARTS) is 1. The number of amides is 1. The maximum atomic E-state index is 11.9. The van der Waals surface area contributed by atoms with Crippen molar-refractivity contribution in [2.45, 2.75) is 18.9 Å². The van der Waals surface area contributed by atoms with E-state index >= 15 is 0 Å². The van der Waals surface area contributed by atoms with E-state index in [0.29, 0.717) is 5.75 Å². The van der Waals surface area contributed by atoms with Gasteiger partial charge in [0, 0.05) is 9.61 Å². The number of nitrogens with zero attached hydrogens (tertiary/aromatic N) is 1. The lowest BCUT2D eigenvalue weighted by Gasteiger charge is -2.20. The zero-order chi connectivity index (χ0) is 13.8. The molecule has 0 aromatic heterocycles. The van der Waals surface area contributed by atoms with Crippen LogP contribution in [0.4, 0.5) is 0 Å². The molecule has 19 heavy (non-hydrogen) atoms. The number of rotatable bonds is 6. The lowest BCUT2D eigenvalue weighted by molar-refractivity contribution is -0.145. The van der Waals surface area contributed by atoms with Crippen LogP contribution >= 0.6 is 22.6 Å². The monoisotopic (exact) mass is 375 g/mol. The Kier molecular flexibility index (Phi) is 4.62. The fraction of sp³-hybridized carbons (Fsp3) is 0.385. The second-order valence-corrected chi connectivity index (χ2v) is 5.63. The molecule has 0 heterocycles. The molecule has 1 amide bonds. The van der Waals surface area contributed by atoms with Gasteiger partial charge in [-0.25, -0.2) is 0 Å². The van der Waals surface area contributed by atoms with Gasteiger partial charge in [-0.2, -0.15) is 0 Å². The van der Waals surface area contributed by atoms with Crippen molar-refractivity contribution in [1.29, 1.82) is 0 Å². The summed E-state index contributed by atoms with van der Waals surface area (Å²) in [6.07, 6.45) is 1.76. The Balaban J connectivity index is 1.88. The predicted octanol–water partition coefficient (Wildman–Crippen LogP) is 1.75. The minimum Gasteiger partial charge on any atom is -0.484 e. The van der Waals surface area contributed by atoms with E-state index < -0.39 is 5.97 Å². The number of hydrogen-bond acceptors (Lipinski definition) is 3. The summed E-state index contributed by atoms with van der Waals surface area (Å²) >= 11 is 2.18. The van der Waals surface area contributed by atoms with Gasteiger partial charge >= 0.3 is 5.97 Å². The largest absolute Gasteiger partial charge is 0.484 e. The molecule has 1 saturated carbocycles. The molecule has 1 aliphatic rings. The van der Waals surface area contributed by atoms with E-state index in [1.807, 2.05) is 12.1 Å². The molecule has 0 unspecified atom stereocenters. The fourth-order valence-corrected chi connectivity index (χ4v) is 2.07. The highest BCUT2D eigenvalue weighted by Crippen LogP contribution is 2.26. The molecule has 0 radical (unpaired) electrons. The molecule has 2 rings (SSSR count). The number of carboxylic acids is 1. The van der Waals surface area contributed by atoms with Crippen LogP contribution in [0, 0.1) is 3.57 Å². The van der Waals surface area contributed by atoms with Gasteiger partial charge in [-0.1, -0.05) is 0 Å². The summed E-state index contributed by atoms with van der Waals surface area (Å²) in [6, 6.07) is 7.41. The molecule has 0 spiro atoms. The Morgan fingerprint density at radius 2 is 1.95 bits per heavy atom. The van der Waals surface area contributed by atoms with E-state index in [2.05, 4.69) is 22.6 Å². The quantitative estimate of drug-likeness (QED) is 0.770. The van der Waals surface area contributed by atoms with E-state index in [9.17, 15) is 9.59 Å². The maximum absolute atomic E-state index is 11.9. The molecule has 0 aliphatic heterocycles. The Morgan fingerprint density at radius 3 is 2.47 bits per heavy atom. The number of ether oxygens (including phenoxy) is 1. The number of carbonyl (C=O) groups is 2. The third-order valence-electron chi connectivity index (χ3n) is 2.79. The number of hydrogen-bond donors (Lipinski definition) is 1. The molecule has 1 aromatic carbocycles. The first-order chi connectivity index (χ1) is 9.06. The first kappa shape index (κ1) is 14.1. The molecule has 0 bridgehead atoms. The molecular formula is C13H14INO4. The summed E-state index contributed by atoms with van der Waals surface area (Å²) in [5.41, 5.74) is 0. The average Bonchev–Trinajstić information content (AvgIpc) is 3.19. The van der Waals surface area contributed by atoms with Crippen LogP contribution in [0.25, 0.3) is 0 Å². The Bertz CT molecular complexity index is 470. The molecule has 5 nitrogen and oxygen atoms in total. The molecular weight excluding hydrogens is 361 g/mol. The van der Waals surface area contributed by atoms with Crippen molar-refractivity contribution < 1.29 is 19.4 Å². The van der Waals surface area contributed by atoms with Crippen molar-refractivity contribution in [3.8, 4) is 5.75 Å². The summed E-state index contributed by atoms with van der Waals surface area (Å²) in [7, 11) is 0. The SMILES string of the molecule is O=C(O)CN(C(=O)COc1ccc(I)cc1)C1CC1. The third-order valence-corrected chi connectivity index (χ3v) is 3.51. The summed E-state index contributed by atoms with van der Waals surface area (Å²) in [5.74, 6) is -0.655. The molecule has 0 atom stereocenters. The molecule has 6 heteroatoms. The maximum Gasteiger partial charge on any atom is 0.323 e. The number of carbonyl (C=O) groups excluding carboxylic acids is 1. The van der Waals surface area contributed by atoms with Gasteiger partial charge < -0.3 is 14.7 Å². The van der Waals surface area contributed by atoms with Crippen LogP contribution < -0.4 is 4.74 Å². The Morgan fingerprint density at radius 1 is 1.32 bits per heavy atom. The lowest BCUT2D eigenvalue weighted by Crippen LogP contribution is -2.40. The van der Waals surface area contributed by atoms with Gasteiger partial charge in [0.05, 0.1) is 0 Å². The van der Waals surface area contributed by atoms with E-state index in [1.54, 1.807) is 12.1 Å². The van der Waals surface area contributed by atoms with Gasteiger partial charge in [-0.3, -0.25) is 9.59 Å². The normalized spacial score (nSPS) is 13.9. The van der Waals surface area contributed by atoms with Crippen molar-refractivity contribution in [3.05, 3.63) is 27.8 Å². The smallest absolute Gasteiger partial charge is 0.323 e. The highest BCUT2D eigenvalue weighted by molar-refractivity contribution is 14.1.